The third kappa shape index (κ3) is 4.03. The number of carbonyl (C=O) groups is 2. The summed E-state index contributed by atoms with van der Waals surface area (Å²) in [6.07, 6.45) is 0.861. The first-order chi connectivity index (χ1) is 8.81. The molecule has 0 fully saturated rings. The van der Waals surface area contributed by atoms with Gasteiger partial charge in [0.25, 0.3) is 0 Å². The second-order valence-electron chi connectivity index (χ2n) is 3.39. The minimum atomic E-state index is -0.815. The molecule has 102 valence electrons. The first-order valence-corrected chi connectivity index (χ1v) is 5.17. The van der Waals surface area contributed by atoms with Crippen LogP contribution in [0.1, 0.15) is 0 Å². The van der Waals surface area contributed by atoms with Crippen LogP contribution in [0.15, 0.2) is 6.20 Å². The zero-order chi connectivity index (χ0) is 14.6. The summed E-state index contributed by atoms with van der Waals surface area (Å²) in [7, 11) is 0. The van der Waals surface area contributed by atoms with E-state index in [0.717, 1.165) is 11.1 Å². The molecule has 0 aliphatic heterocycles. The molecule has 1 rings (SSSR count). The van der Waals surface area contributed by atoms with Gasteiger partial charge in [-0.2, -0.15) is 4.98 Å². The fourth-order valence-electron chi connectivity index (χ4n) is 1.29. The SMILES string of the molecule is NC(=O)CN(CC(N)=O)c1nc(Cl)ncc1[N+](=O)[O-]. The number of nitrogens with two attached hydrogens (primary N) is 2. The number of anilines is 1. The van der Waals surface area contributed by atoms with Crippen LogP contribution in [-0.4, -0.2) is 39.8 Å². The molecule has 0 spiro atoms. The van der Waals surface area contributed by atoms with E-state index in [-0.39, 0.29) is 11.1 Å². The maximum absolute atomic E-state index is 10.9. The van der Waals surface area contributed by atoms with Crippen LogP contribution in [-0.2, 0) is 9.59 Å². The molecule has 0 aliphatic carbocycles. The molecular formula is C8H9ClN6O4. The van der Waals surface area contributed by atoms with E-state index in [1.807, 2.05) is 0 Å². The number of hydrogen-bond donors (Lipinski definition) is 2. The average molecular weight is 289 g/mol. The predicted octanol–water partition coefficient (Wildman–Crippen LogP) is -1.18. The van der Waals surface area contributed by atoms with Gasteiger partial charge in [-0.1, -0.05) is 0 Å². The molecule has 0 bridgehead atoms. The van der Waals surface area contributed by atoms with Crippen molar-refractivity contribution < 1.29 is 14.5 Å². The highest BCUT2D eigenvalue weighted by atomic mass is 35.5. The molecule has 0 radical (unpaired) electrons. The van der Waals surface area contributed by atoms with E-state index in [1.165, 1.54) is 0 Å². The summed E-state index contributed by atoms with van der Waals surface area (Å²) in [6, 6.07) is 0. The number of rotatable bonds is 6. The Bertz CT molecular complexity index is 520. The van der Waals surface area contributed by atoms with Gasteiger partial charge in [-0.05, 0) is 11.6 Å². The molecule has 10 nitrogen and oxygen atoms in total. The van der Waals surface area contributed by atoms with Gasteiger partial charge in [0.05, 0.1) is 18.0 Å². The Labute approximate surface area is 111 Å². The van der Waals surface area contributed by atoms with Crippen LogP contribution in [0.25, 0.3) is 0 Å². The molecule has 1 heterocycles. The van der Waals surface area contributed by atoms with Gasteiger partial charge in [0.2, 0.25) is 22.9 Å². The molecular weight excluding hydrogens is 280 g/mol. The fourth-order valence-corrected chi connectivity index (χ4v) is 1.42. The lowest BCUT2D eigenvalue weighted by Crippen LogP contribution is -2.40. The smallest absolute Gasteiger partial charge is 0.329 e. The van der Waals surface area contributed by atoms with Crippen LogP contribution in [0.4, 0.5) is 11.5 Å². The summed E-state index contributed by atoms with van der Waals surface area (Å²) in [6.45, 7) is -0.950. The van der Waals surface area contributed by atoms with Gasteiger partial charge in [-0.3, -0.25) is 19.7 Å². The van der Waals surface area contributed by atoms with Crippen molar-refractivity contribution in [3.8, 4) is 0 Å². The Morgan fingerprint density at radius 2 is 1.89 bits per heavy atom. The average Bonchev–Trinajstić information content (AvgIpc) is 2.26. The van der Waals surface area contributed by atoms with Crippen molar-refractivity contribution in [2.45, 2.75) is 0 Å². The van der Waals surface area contributed by atoms with Crippen molar-refractivity contribution in [1.29, 1.82) is 0 Å². The highest BCUT2D eigenvalue weighted by Crippen LogP contribution is 2.25. The second kappa shape index (κ2) is 5.91. The maximum atomic E-state index is 10.9. The number of nitro groups is 1. The van der Waals surface area contributed by atoms with Crippen LogP contribution in [0.5, 0.6) is 0 Å². The molecule has 0 atom stereocenters. The number of primary amides is 2. The number of carbonyl (C=O) groups excluding carboxylic acids is 2. The van der Waals surface area contributed by atoms with Crippen molar-refractivity contribution >= 4 is 34.9 Å². The van der Waals surface area contributed by atoms with Gasteiger partial charge in [0, 0.05) is 0 Å². The molecule has 19 heavy (non-hydrogen) atoms. The largest absolute Gasteiger partial charge is 0.368 e. The van der Waals surface area contributed by atoms with E-state index in [9.17, 15) is 19.7 Å². The summed E-state index contributed by atoms with van der Waals surface area (Å²) in [5, 5.41) is 10.6. The van der Waals surface area contributed by atoms with Crippen molar-refractivity contribution in [3.05, 3.63) is 21.6 Å². The van der Waals surface area contributed by atoms with Crippen LogP contribution in [0.2, 0.25) is 5.28 Å². The second-order valence-corrected chi connectivity index (χ2v) is 3.73. The van der Waals surface area contributed by atoms with E-state index in [4.69, 9.17) is 23.1 Å². The Morgan fingerprint density at radius 3 is 2.32 bits per heavy atom. The third-order valence-corrected chi connectivity index (χ3v) is 2.09. The first-order valence-electron chi connectivity index (χ1n) is 4.79. The van der Waals surface area contributed by atoms with Gasteiger partial charge in [0.1, 0.15) is 6.20 Å². The zero-order valence-electron chi connectivity index (χ0n) is 9.45. The topological polar surface area (TPSA) is 158 Å². The van der Waals surface area contributed by atoms with E-state index in [1.54, 1.807) is 0 Å². The van der Waals surface area contributed by atoms with Crippen molar-refractivity contribution in [1.82, 2.24) is 9.97 Å². The van der Waals surface area contributed by atoms with E-state index < -0.39 is 35.5 Å². The summed E-state index contributed by atoms with van der Waals surface area (Å²) in [5.41, 5.74) is 9.46. The lowest BCUT2D eigenvalue weighted by Gasteiger charge is -2.19. The monoisotopic (exact) mass is 288 g/mol. The molecule has 1 aromatic heterocycles. The normalized spacial score (nSPS) is 9.95. The lowest BCUT2D eigenvalue weighted by atomic mass is 10.3. The number of hydrogen-bond acceptors (Lipinski definition) is 7. The molecule has 2 amide bonds. The summed E-state index contributed by atoms with van der Waals surface area (Å²) >= 11 is 5.53. The van der Waals surface area contributed by atoms with E-state index in [2.05, 4.69) is 9.97 Å². The Kier molecular flexibility index (Phi) is 4.53. The number of nitrogens with zero attached hydrogens (tertiary/aromatic N) is 4. The summed E-state index contributed by atoms with van der Waals surface area (Å²) in [5.74, 6) is -1.93. The van der Waals surface area contributed by atoms with Crippen molar-refractivity contribution in [2.24, 2.45) is 11.5 Å². The Hall–Kier alpha value is -2.49. The summed E-state index contributed by atoms with van der Waals surface area (Å²) in [4.78, 5) is 39.9. The van der Waals surface area contributed by atoms with Gasteiger partial charge >= 0.3 is 5.69 Å². The highest BCUT2D eigenvalue weighted by Gasteiger charge is 2.24. The predicted molar refractivity (Wildman–Crippen MR) is 64.3 cm³/mol. The van der Waals surface area contributed by atoms with Crippen LogP contribution in [0, 0.1) is 10.1 Å². The van der Waals surface area contributed by atoms with E-state index in [0.29, 0.717) is 0 Å². The lowest BCUT2D eigenvalue weighted by molar-refractivity contribution is -0.384. The molecule has 0 aliphatic rings. The van der Waals surface area contributed by atoms with Crippen LogP contribution >= 0.6 is 11.6 Å². The van der Waals surface area contributed by atoms with Gasteiger partial charge < -0.3 is 16.4 Å². The molecule has 11 heteroatoms. The number of aromatic nitrogens is 2. The van der Waals surface area contributed by atoms with Crippen LogP contribution < -0.4 is 16.4 Å². The molecule has 1 aromatic rings. The fraction of sp³-hybridized carbons (Fsp3) is 0.250. The van der Waals surface area contributed by atoms with Gasteiger partial charge in [-0.25, -0.2) is 4.98 Å². The zero-order valence-corrected chi connectivity index (χ0v) is 10.2. The number of halogens is 1. The number of amides is 2. The Morgan fingerprint density at radius 1 is 1.37 bits per heavy atom. The quantitative estimate of drug-likeness (QED) is 0.378. The highest BCUT2D eigenvalue weighted by molar-refractivity contribution is 6.28. The molecule has 0 saturated carbocycles. The minimum Gasteiger partial charge on any atom is -0.368 e. The maximum Gasteiger partial charge on any atom is 0.329 e. The standard InChI is InChI=1S/C8H9ClN6O4/c9-8-12-1-4(15(18)19)7(13-8)14(2-5(10)16)3-6(11)17/h1H,2-3H2,(H2,10,16)(H2,11,17). The Balaban J connectivity index is 3.26. The van der Waals surface area contributed by atoms with Gasteiger partial charge in [0.15, 0.2) is 0 Å². The molecule has 4 N–H and O–H groups in total. The third-order valence-electron chi connectivity index (χ3n) is 1.91. The van der Waals surface area contributed by atoms with Crippen molar-refractivity contribution in [3.63, 3.8) is 0 Å². The molecule has 0 saturated heterocycles. The summed E-state index contributed by atoms with van der Waals surface area (Å²) < 4.78 is 0. The minimum absolute atomic E-state index is 0.278. The molecule has 0 aromatic carbocycles. The van der Waals surface area contributed by atoms with E-state index >= 15 is 0 Å². The van der Waals surface area contributed by atoms with Crippen molar-refractivity contribution in [2.75, 3.05) is 18.0 Å². The van der Waals surface area contributed by atoms with Crippen LogP contribution in [0.3, 0.4) is 0 Å². The first kappa shape index (κ1) is 14.6. The molecule has 0 unspecified atom stereocenters. The van der Waals surface area contributed by atoms with Gasteiger partial charge in [-0.15, -0.1) is 0 Å².